The quantitative estimate of drug-likeness (QED) is 0.652. The maximum absolute atomic E-state index is 11.4. The van der Waals surface area contributed by atoms with Gasteiger partial charge in [0.25, 0.3) is 5.56 Å². The molecular formula is C9H11BrN2O3. The Morgan fingerprint density at radius 3 is 2.87 bits per heavy atom. The van der Waals surface area contributed by atoms with E-state index in [4.69, 9.17) is 4.74 Å². The van der Waals surface area contributed by atoms with Crippen molar-refractivity contribution in [3.63, 3.8) is 0 Å². The summed E-state index contributed by atoms with van der Waals surface area (Å²) in [6.45, 7) is 5.59. The van der Waals surface area contributed by atoms with E-state index in [1.54, 1.807) is 13.0 Å². The predicted molar refractivity (Wildman–Crippen MR) is 59.9 cm³/mol. The fourth-order valence-electron chi connectivity index (χ4n) is 1.04. The van der Waals surface area contributed by atoms with E-state index in [2.05, 4.69) is 27.5 Å². The van der Waals surface area contributed by atoms with Crippen LogP contribution in [0.2, 0.25) is 0 Å². The van der Waals surface area contributed by atoms with Gasteiger partial charge < -0.3 is 4.74 Å². The number of halogens is 1. The number of nitrogens with one attached hydrogen (secondary N) is 1. The SMILES string of the molecule is C=CCOCn1c(C)c(Br)c(=O)[nH]c1=O. The number of rotatable bonds is 4. The van der Waals surface area contributed by atoms with Crippen LogP contribution in [0, 0.1) is 6.92 Å². The second kappa shape index (κ2) is 5.09. The van der Waals surface area contributed by atoms with E-state index in [0.29, 0.717) is 16.8 Å². The Hall–Kier alpha value is -1.14. The summed E-state index contributed by atoms with van der Waals surface area (Å²) in [4.78, 5) is 24.7. The van der Waals surface area contributed by atoms with Gasteiger partial charge in [-0.05, 0) is 22.9 Å². The van der Waals surface area contributed by atoms with E-state index >= 15 is 0 Å². The lowest BCUT2D eigenvalue weighted by Crippen LogP contribution is -2.33. The zero-order chi connectivity index (χ0) is 11.4. The van der Waals surface area contributed by atoms with Crippen LogP contribution in [0.25, 0.3) is 0 Å². The summed E-state index contributed by atoms with van der Waals surface area (Å²) < 4.78 is 6.79. The number of aromatic nitrogens is 2. The van der Waals surface area contributed by atoms with Gasteiger partial charge in [-0.25, -0.2) is 4.79 Å². The van der Waals surface area contributed by atoms with Crippen LogP contribution >= 0.6 is 15.9 Å². The van der Waals surface area contributed by atoms with Gasteiger partial charge in [-0.15, -0.1) is 6.58 Å². The van der Waals surface area contributed by atoms with E-state index in [1.165, 1.54) is 4.57 Å². The third-order valence-electron chi connectivity index (χ3n) is 1.84. The number of aromatic amines is 1. The molecule has 0 bridgehead atoms. The monoisotopic (exact) mass is 274 g/mol. The van der Waals surface area contributed by atoms with E-state index in [-0.39, 0.29) is 6.73 Å². The first-order chi connectivity index (χ1) is 7.07. The molecule has 1 aromatic rings. The summed E-state index contributed by atoms with van der Waals surface area (Å²) in [5.74, 6) is 0. The van der Waals surface area contributed by atoms with E-state index in [0.717, 1.165) is 0 Å². The molecule has 0 radical (unpaired) electrons. The molecule has 15 heavy (non-hydrogen) atoms. The van der Waals surface area contributed by atoms with Crippen LogP contribution in [0.15, 0.2) is 26.7 Å². The number of hydrogen-bond acceptors (Lipinski definition) is 3. The molecule has 6 heteroatoms. The summed E-state index contributed by atoms with van der Waals surface area (Å²) in [7, 11) is 0. The van der Waals surface area contributed by atoms with Gasteiger partial charge in [-0.1, -0.05) is 6.08 Å². The molecule has 1 N–H and O–H groups in total. The average molecular weight is 275 g/mol. The minimum absolute atomic E-state index is 0.0894. The van der Waals surface area contributed by atoms with Crippen LogP contribution in [-0.2, 0) is 11.5 Å². The molecule has 1 rings (SSSR count). The lowest BCUT2D eigenvalue weighted by atomic mass is 10.4. The molecule has 0 saturated heterocycles. The second-order valence-corrected chi connectivity index (χ2v) is 3.67. The molecule has 82 valence electrons. The molecule has 0 aliphatic carbocycles. The molecule has 1 aromatic heterocycles. The van der Waals surface area contributed by atoms with E-state index in [9.17, 15) is 9.59 Å². The molecule has 0 unspecified atom stereocenters. The number of H-pyrrole nitrogens is 1. The molecular weight excluding hydrogens is 264 g/mol. The van der Waals surface area contributed by atoms with Crippen molar-refractivity contribution >= 4 is 15.9 Å². The van der Waals surface area contributed by atoms with Crippen molar-refractivity contribution in [2.45, 2.75) is 13.7 Å². The van der Waals surface area contributed by atoms with Crippen molar-refractivity contribution in [2.24, 2.45) is 0 Å². The highest BCUT2D eigenvalue weighted by Crippen LogP contribution is 2.06. The van der Waals surface area contributed by atoms with Crippen LogP contribution in [-0.4, -0.2) is 16.2 Å². The van der Waals surface area contributed by atoms with Gasteiger partial charge >= 0.3 is 5.69 Å². The summed E-state index contributed by atoms with van der Waals surface area (Å²) in [6.07, 6.45) is 1.58. The Morgan fingerprint density at radius 1 is 1.60 bits per heavy atom. The van der Waals surface area contributed by atoms with Crippen LogP contribution in [0.4, 0.5) is 0 Å². The van der Waals surface area contributed by atoms with Crippen molar-refractivity contribution in [2.75, 3.05) is 6.61 Å². The Balaban J connectivity index is 3.07. The molecule has 5 nitrogen and oxygen atoms in total. The highest BCUT2D eigenvalue weighted by molar-refractivity contribution is 9.10. The van der Waals surface area contributed by atoms with E-state index < -0.39 is 11.2 Å². The van der Waals surface area contributed by atoms with Crippen molar-refractivity contribution in [1.29, 1.82) is 0 Å². The molecule has 0 spiro atoms. The molecule has 0 saturated carbocycles. The van der Waals surface area contributed by atoms with Crippen LogP contribution in [0.5, 0.6) is 0 Å². The molecule has 0 fully saturated rings. The zero-order valence-corrected chi connectivity index (χ0v) is 9.83. The van der Waals surface area contributed by atoms with Gasteiger partial charge in [0.05, 0.1) is 6.61 Å². The van der Waals surface area contributed by atoms with Crippen LogP contribution in [0.3, 0.4) is 0 Å². The first kappa shape index (κ1) is 11.9. The highest BCUT2D eigenvalue weighted by Gasteiger charge is 2.07. The van der Waals surface area contributed by atoms with Gasteiger partial charge in [0.15, 0.2) is 0 Å². The molecule has 0 aliphatic heterocycles. The molecule has 1 heterocycles. The van der Waals surface area contributed by atoms with Gasteiger partial charge in [0.1, 0.15) is 11.2 Å². The molecule has 0 aliphatic rings. The van der Waals surface area contributed by atoms with Gasteiger partial charge in [0, 0.05) is 5.69 Å². The number of ether oxygens (including phenoxy) is 1. The first-order valence-electron chi connectivity index (χ1n) is 4.25. The normalized spacial score (nSPS) is 10.3. The predicted octanol–water partition coefficient (Wildman–Crippen LogP) is 0.768. The average Bonchev–Trinajstić information content (AvgIpc) is 2.20. The fourth-order valence-corrected chi connectivity index (χ4v) is 1.35. The standard InChI is InChI=1S/C9H11BrN2O3/c1-3-4-15-5-12-6(2)7(10)8(13)11-9(12)14/h3H,1,4-5H2,2H3,(H,11,13,14). The van der Waals surface area contributed by atoms with Crippen LogP contribution in [0.1, 0.15) is 5.69 Å². The number of hydrogen-bond donors (Lipinski definition) is 1. The topological polar surface area (TPSA) is 64.1 Å². The van der Waals surface area contributed by atoms with Gasteiger partial charge in [-0.2, -0.15) is 0 Å². The summed E-state index contributed by atoms with van der Waals surface area (Å²) in [5, 5.41) is 0. The maximum atomic E-state index is 11.4. The van der Waals surface area contributed by atoms with Gasteiger partial charge in [-0.3, -0.25) is 14.3 Å². The molecule has 0 aromatic carbocycles. The zero-order valence-electron chi connectivity index (χ0n) is 8.25. The van der Waals surface area contributed by atoms with Crippen LogP contribution < -0.4 is 11.2 Å². The fraction of sp³-hybridized carbons (Fsp3) is 0.333. The van der Waals surface area contributed by atoms with Crippen molar-refractivity contribution in [1.82, 2.24) is 9.55 Å². The maximum Gasteiger partial charge on any atom is 0.330 e. The number of nitrogens with zero attached hydrogens (tertiary/aromatic N) is 1. The molecule has 0 amide bonds. The minimum Gasteiger partial charge on any atom is -0.357 e. The van der Waals surface area contributed by atoms with Gasteiger partial charge in [0.2, 0.25) is 0 Å². The van der Waals surface area contributed by atoms with Crippen molar-refractivity contribution in [3.05, 3.63) is 43.7 Å². The third-order valence-corrected chi connectivity index (χ3v) is 2.78. The van der Waals surface area contributed by atoms with Crippen molar-refractivity contribution in [3.8, 4) is 0 Å². The first-order valence-corrected chi connectivity index (χ1v) is 5.05. The Bertz CT molecular complexity index is 475. The smallest absolute Gasteiger partial charge is 0.330 e. The lowest BCUT2D eigenvalue weighted by Gasteiger charge is -2.09. The van der Waals surface area contributed by atoms with E-state index in [1.807, 2.05) is 0 Å². The molecule has 0 atom stereocenters. The largest absolute Gasteiger partial charge is 0.357 e. The highest BCUT2D eigenvalue weighted by atomic mass is 79.9. The lowest BCUT2D eigenvalue weighted by molar-refractivity contribution is 0.0948. The summed E-state index contributed by atoms with van der Waals surface area (Å²) >= 11 is 3.09. The summed E-state index contributed by atoms with van der Waals surface area (Å²) in [6, 6.07) is 0. The minimum atomic E-state index is -0.482. The Labute approximate surface area is 94.5 Å². The second-order valence-electron chi connectivity index (χ2n) is 2.88. The Kier molecular flexibility index (Phi) is 4.05. The third kappa shape index (κ3) is 2.66. The summed E-state index contributed by atoms with van der Waals surface area (Å²) in [5.41, 5.74) is -0.380. The Morgan fingerprint density at radius 2 is 2.27 bits per heavy atom. The van der Waals surface area contributed by atoms with Crippen molar-refractivity contribution < 1.29 is 4.74 Å².